The van der Waals surface area contributed by atoms with Gasteiger partial charge in [-0.3, -0.25) is 0 Å². The summed E-state index contributed by atoms with van der Waals surface area (Å²) in [4.78, 5) is 4.96. The first-order valence-electron chi connectivity index (χ1n) is 24.6. The molecule has 3 aliphatic carbocycles. The Balaban J connectivity index is 0.00000141. The van der Waals surface area contributed by atoms with E-state index in [1.165, 1.54) is 83.7 Å². The summed E-state index contributed by atoms with van der Waals surface area (Å²) in [7, 11) is 0. The summed E-state index contributed by atoms with van der Waals surface area (Å²) in [6.07, 6.45) is 17.8. The van der Waals surface area contributed by atoms with Crippen molar-refractivity contribution < 1.29 is 9.84 Å². The monoisotopic (exact) mass is 892 g/mol. The van der Waals surface area contributed by atoms with Gasteiger partial charge < -0.3 is 19.6 Å². The van der Waals surface area contributed by atoms with E-state index in [0.717, 1.165) is 52.3 Å². The molecule has 2 bridgehead atoms. The molecule has 4 heteroatoms. The average molecular weight is 893 g/mol. The van der Waals surface area contributed by atoms with Crippen LogP contribution in [0.2, 0.25) is 0 Å². The minimum absolute atomic E-state index is 0.0382. The number of phenolic OH excluding ortho intramolecular Hbond substituents is 1. The van der Waals surface area contributed by atoms with E-state index in [-0.39, 0.29) is 12.1 Å². The Labute approximate surface area is 404 Å². The third-order valence-corrected chi connectivity index (χ3v) is 14.2. The molecule has 7 aromatic carbocycles. The molecule has 1 N–H and O–H groups in total. The molecule has 1 heterocycles. The maximum atomic E-state index is 11.2. The number of hydrogen-bond donors (Lipinski definition) is 1. The zero-order chi connectivity index (χ0) is 47.8. The van der Waals surface area contributed by atoms with E-state index >= 15 is 0 Å². The fourth-order valence-corrected chi connectivity index (χ4v) is 10.3. The van der Waals surface area contributed by atoms with Gasteiger partial charge in [0.05, 0.1) is 11.7 Å². The summed E-state index contributed by atoms with van der Waals surface area (Å²) >= 11 is 0. The maximum Gasteiger partial charge on any atom is 0.130 e. The minimum atomic E-state index is -0.0442. The molecule has 0 aromatic heterocycles. The summed E-state index contributed by atoms with van der Waals surface area (Å²) in [5.74, 6) is 1.33. The molecule has 342 valence electrons. The SMILES string of the molecule is CC.CC.Cc1ccc(N(c2cccc(-c3cccc(C)c3O)c2)c2ccc3c4c2C=Cc2ccc(N(c5ccc(C)c(C)c5)C5C=CC=C6c7cccc(C)c7OC6C5)c(c2C4)C=C3)cc1C. The molecule has 1 aliphatic heterocycles. The summed E-state index contributed by atoms with van der Waals surface area (Å²) in [6.45, 7) is 20.9. The fourth-order valence-electron chi connectivity index (χ4n) is 10.3. The standard InChI is InChI=1S/C60H52N2O2.2C2H6/c1-36-19-25-47(31-40(36)5)61(45-14-9-13-44(33-45)49-16-7-11-38(3)59(49)63)56-29-23-42-22-28-51-55-35-54(42)50(56)27-21-43(55)24-30-57(51)62(48-26-20-37(2)41(6)32-48)46-15-10-17-52-53-18-8-12-39(4)60(53)64-58(52)34-46;2*1-2/h7-33,46,58,63H,34-35H2,1-6H3;2*1-2H3. The molecule has 2 unspecified atom stereocenters. The van der Waals surface area contributed by atoms with E-state index in [1.807, 2.05) is 52.8 Å². The fraction of sp³-hybridized carbons (Fsp3) is 0.219. The zero-order valence-electron chi connectivity index (χ0n) is 41.4. The van der Waals surface area contributed by atoms with E-state index in [2.05, 4.69) is 190 Å². The van der Waals surface area contributed by atoms with Crippen LogP contribution in [0, 0.1) is 41.5 Å². The number of nitrogens with zero attached hydrogens (tertiary/aromatic N) is 2. The predicted octanol–water partition coefficient (Wildman–Crippen LogP) is 17.3. The molecule has 0 fully saturated rings. The quantitative estimate of drug-likeness (QED) is 0.173. The van der Waals surface area contributed by atoms with Gasteiger partial charge in [0.2, 0.25) is 0 Å². The third kappa shape index (κ3) is 8.17. The summed E-state index contributed by atoms with van der Waals surface area (Å²) in [5.41, 5.74) is 24.5. The van der Waals surface area contributed by atoms with Crippen molar-refractivity contribution in [3.63, 3.8) is 0 Å². The molecule has 0 saturated heterocycles. The molecule has 68 heavy (non-hydrogen) atoms. The van der Waals surface area contributed by atoms with Crippen molar-refractivity contribution in [2.24, 2.45) is 0 Å². The zero-order valence-corrected chi connectivity index (χ0v) is 41.4. The second-order valence-electron chi connectivity index (χ2n) is 18.1. The maximum absolute atomic E-state index is 11.2. The molecule has 7 aromatic rings. The van der Waals surface area contributed by atoms with Crippen LogP contribution < -0.4 is 14.5 Å². The number of rotatable bonds is 7. The first-order chi connectivity index (χ1) is 33.1. The van der Waals surface area contributed by atoms with Gasteiger partial charge >= 0.3 is 0 Å². The van der Waals surface area contributed by atoms with Crippen LogP contribution >= 0.6 is 0 Å². The van der Waals surface area contributed by atoms with Crippen LogP contribution in [-0.4, -0.2) is 17.3 Å². The van der Waals surface area contributed by atoms with Gasteiger partial charge in [-0.25, -0.2) is 0 Å². The topological polar surface area (TPSA) is 35.9 Å². The number of benzene rings is 7. The second-order valence-corrected chi connectivity index (χ2v) is 18.1. The van der Waals surface area contributed by atoms with Gasteiger partial charge in [0.1, 0.15) is 17.6 Å². The van der Waals surface area contributed by atoms with Gasteiger partial charge in [0.15, 0.2) is 0 Å². The first-order valence-corrected chi connectivity index (χ1v) is 24.6. The van der Waals surface area contributed by atoms with Gasteiger partial charge in [0, 0.05) is 57.0 Å². The Morgan fingerprint density at radius 3 is 1.81 bits per heavy atom. The number of ether oxygens (including phenoxy) is 1. The molecule has 4 nitrogen and oxygen atoms in total. The van der Waals surface area contributed by atoms with Gasteiger partial charge in [0.25, 0.3) is 0 Å². The van der Waals surface area contributed by atoms with E-state index in [0.29, 0.717) is 5.75 Å². The normalized spacial score (nSPS) is 15.5. The van der Waals surface area contributed by atoms with Crippen LogP contribution in [0.5, 0.6) is 11.5 Å². The largest absolute Gasteiger partial charge is 0.507 e. The van der Waals surface area contributed by atoms with Crippen molar-refractivity contribution in [2.45, 2.75) is 94.2 Å². The van der Waals surface area contributed by atoms with Crippen LogP contribution in [0.3, 0.4) is 0 Å². The Morgan fingerprint density at radius 1 is 0.529 bits per heavy atom. The number of fused-ring (bicyclic) bond motifs is 3. The van der Waals surface area contributed by atoms with Crippen LogP contribution in [0.4, 0.5) is 28.4 Å². The highest BCUT2D eigenvalue weighted by molar-refractivity contribution is 5.96. The Kier molecular flexibility index (Phi) is 12.9. The lowest BCUT2D eigenvalue weighted by Crippen LogP contribution is -2.34. The lowest BCUT2D eigenvalue weighted by Gasteiger charge is -2.35. The van der Waals surface area contributed by atoms with Crippen molar-refractivity contribution in [2.75, 3.05) is 9.80 Å². The number of allylic oxidation sites excluding steroid dienone is 2. The second kappa shape index (κ2) is 19.1. The minimum Gasteiger partial charge on any atom is -0.507 e. The van der Waals surface area contributed by atoms with Crippen molar-refractivity contribution in [1.82, 2.24) is 0 Å². The van der Waals surface area contributed by atoms with E-state index in [1.54, 1.807) is 0 Å². The molecule has 4 aliphatic rings. The molecule has 11 rings (SSSR count). The van der Waals surface area contributed by atoms with E-state index < -0.39 is 0 Å². The van der Waals surface area contributed by atoms with Crippen LogP contribution in [0.15, 0.2) is 140 Å². The van der Waals surface area contributed by atoms with E-state index in [4.69, 9.17) is 4.74 Å². The molecule has 2 atom stereocenters. The van der Waals surface area contributed by atoms with Crippen molar-refractivity contribution >= 4 is 58.3 Å². The number of para-hydroxylation sites is 2. The molecule has 0 spiro atoms. The van der Waals surface area contributed by atoms with Crippen molar-refractivity contribution in [1.29, 1.82) is 0 Å². The number of hydrogen-bond acceptors (Lipinski definition) is 4. The van der Waals surface area contributed by atoms with Crippen LogP contribution in [0.25, 0.3) is 41.0 Å². The number of aryl methyl sites for hydroxylation is 6. The van der Waals surface area contributed by atoms with Crippen molar-refractivity contribution in [3.8, 4) is 22.6 Å². The van der Waals surface area contributed by atoms with Gasteiger partial charge in [-0.15, -0.1) is 0 Å². The third-order valence-electron chi connectivity index (χ3n) is 14.2. The summed E-state index contributed by atoms with van der Waals surface area (Å²) in [6, 6.07) is 44.0. The van der Waals surface area contributed by atoms with Crippen LogP contribution in [-0.2, 0) is 6.42 Å². The Hall–Kier alpha value is -7.30. The molecular weight excluding hydrogens is 829 g/mol. The van der Waals surface area contributed by atoms with Crippen molar-refractivity contribution in [3.05, 3.63) is 212 Å². The number of aromatic hydroxyl groups is 1. The Bertz CT molecular complexity index is 3200. The number of phenols is 1. The molecule has 0 amide bonds. The molecule has 0 radical (unpaired) electrons. The Morgan fingerprint density at radius 2 is 1.12 bits per heavy atom. The van der Waals surface area contributed by atoms with Gasteiger partial charge in [-0.1, -0.05) is 143 Å². The smallest absolute Gasteiger partial charge is 0.130 e. The summed E-state index contributed by atoms with van der Waals surface area (Å²) < 4.78 is 6.81. The number of anilines is 5. The highest BCUT2D eigenvalue weighted by atomic mass is 16.5. The lowest BCUT2D eigenvalue weighted by atomic mass is 9.92. The molecular formula is C64H64N2O2. The van der Waals surface area contributed by atoms with E-state index in [9.17, 15) is 5.11 Å². The first kappa shape index (κ1) is 45.8. The van der Waals surface area contributed by atoms with Crippen LogP contribution in [0.1, 0.15) is 106 Å². The highest BCUT2D eigenvalue weighted by Gasteiger charge is 2.36. The average Bonchev–Trinajstić information content (AvgIpc) is 3.54. The molecule has 0 saturated carbocycles. The van der Waals surface area contributed by atoms with Gasteiger partial charge in [-0.2, -0.15) is 0 Å². The summed E-state index contributed by atoms with van der Waals surface area (Å²) in [5, 5.41) is 11.2. The lowest BCUT2D eigenvalue weighted by molar-refractivity contribution is 0.258. The highest BCUT2D eigenvalue weighted by Crippen LogP contribution is 2.49. The predicted molar refractivity (Wildman–Crippen MR) is 291 cm³/mol. The van der Waals surface area contributed by atoms with Gasteiger partial charge in [-0.05, 0) is 158 Å².